The Morgan fingerprint density at radius 1 is 1.58 bits per heavy atom. The molecule has 1 aromatic rings. The van der Waals surface area contributed by atoms with Gasteiger partial charge in [-0.05, 0) is 19.8 Å². The van der Waals surface area contributed by atoms with Gasteiger partial charge in [-0.2, -0.15) is 4.98 Å². The first-order chi connectivity index (χ1) is 9.17. The highest BCUT2D eigenvalue weighted by molar-refractivity contribution is 5.61. The van der Waals surface area contributed by atoms with Crippen LogP contribution in [-0.4, -0.2) is 35.2 Å². The first-order valence-corrected chi connectivity index (χ1v) is 6.15. The maximum Gasteiger partial charge on any atom is 0.372 e. The van der Waals surface area contributed by atoms with E-state index in [2.05, 4.69) is 15.3 Å². The average molecular weight is 268 g/mol. The predicted octanol–water partition coefficient (Wildman–Crippen LogP) is 1.68. The largest absolute Gasteiger partial charge is 0.473 e. The van der Waals surface area contributed by atoms with Crippen molar-refractivity contribution >= 4 is 11.5 Å². The Morgan fingerprint density at radius 3 is 2.89 bits per heavy atom. The summed E-state index contributed by atoms with van der Waals surface area (Å²) in [4.78, 5) is 18.8. The number of anilines is 1. The molecular weight excluding hydrogens is 252 g/mol. The second kappa shape index (κ2) is 5.79. The molecule has 1 atom stereocenters. The van der Waals surface area contributed by atoms with Crippen molar-refractivity contribution in [2.24, 2.45) is 0 Å². The predicted molar refractivity (Wildman–Crippen MR) is 67.3 cm³/mol. The zero-order valence-electron chi connectivity index (χ0n) is 10.9. The minimum Gasteiger partial charge on any atom is -0.473 e. The van der Waals surface area contributed by atoms with Gasteiger partial charge in [0.2, 0.25) is 5.82 Å². The van der Waals surface area contributed by atoms with Crippen LogP contribution in [0.15, 0.2) is 0 Å². The van der Waals surface area contributed by atoms with Crippen molar-refractivity contribution in [3.8, 4) is 5.88 Å². The van der Waals surface area contributed by atoms with Gasteiger partial charge in [-0.15, -0.1) is 0 Å². The smallest absolute Gasteiger partial charge is 0.372 e. The molecule has 1 aromatic heterocycles. The lowest BCUT2D eigenvalue weighted by Crippen LogP contribution is -2.11. The van der Waals surface area contributed by atoms with E-state index in [0.29, 0.717) is 19.0 Å². The van der Waals surface area contributed by atoms with Crippen LogP contribution in [0.4, 0.5) is 11.5 Å². The Labute approximate surface area is 110 Å². The molecule has 104 valence electrons. The minimum absolute atomic E-state index is 0.0163. The first-order valence-electron chi connectivity index (χ1n) is 6.15. The van der Waals surface area contributed by atoms with Gasteiger partial charge in [0.1, 0.15) is 6.10 Å². The third-order valence-electron chi connectivity index (χ3n) is 2.79. The number of aromatic nitrogens is 2. The number of rotatable bonds is 5. The van der Waals surface area contributed by atoms with E-state index in [1.54, 1.807) is 14.0 Å². The van der Waals surface area contributed by atoms with Crippen LogP contribution in [0.5, 0.6) is 5.88 Å². The van der Waals surface area contributed by atoms with Crippen LogP contribution in [0.25, 0.3) is 0 Å². The summed E-state index contributed by atoms with van der Waals surface area (Å²) in [7, 11) is 1.57. The summed E-state index contributed by atoms with van der Waals surface area (Å²) >= 11 is 0. The number of nitrogens with zero attached hydrogens (tertiary/aromatic N) is 3. The van der Waals surface area contributed by atoms with Gasteiger partial charge >= 0.3 is 5.69 Å². The first kappa shape index (κ1) is 13.5. The molecule has 1 aliphatic heterocycles. The Hall–Kier alpha value is -1.96. The van der Waals surface area contributed by atoms with Crippen LogP contribution in [0.1, 0.15) is 31.7 Å². The maximum absolute atomic E-state index is 11.1. The van der Waals surface area contributed by atoms with Crippen molar-refractivity contribution in [1.82, 2.24) is 9.97 Å². The highest BCUT2D eigenvalue weighted by Gasteiger charge is 2.29. The number of hydrogen-bond acceptors (Lipinski definition) is 7. The molecule has 19 heavy (non-hydrogen) atoms. The summed E-state index contributed by atoms with van der Waals surface area (Å²) in [5.41, 5.74) is -0.244. The topological polar surface area (TPSA) is 99.4 Å². The second-order valence-corrected chi connectivity index (χ2v) is 4.03. The molecule has 8 nitrogen and oxygen atoms in total. The highest BCUT2D eigenvalue weighted by Crippen LogP contribution is 2.35. The normalized spacial score (nSPS) is 18.3. The van der Waals surface area contributed by atoms with Gasteiger partial charge < -0.3 is 14.8 Å². The van der Waals surface area contributed by atoms with Crippen LogP contribution in [0, 0.1) is 10.1 Å². The van der Waals surface area contributed by atoms with Gasteiger partial charge in [-0.25, -0.2) is 4.98 Å². The molecule has 0 bridgehead atoms. The fourth-order valence-corrected chi connectivity index (χ4v) is 1.95. The molecule has 0 spiro atoms. The molecule has 2 heterocycles. The third kappa shape index (κ3) is 2.73. The molecule has 0 aromatic carbocycles. The molecule has 8 heteroatoms. The molecular formula is C11H16N4O4. The van der Waals surface area contributed by atoms with Crippen LogP contribution < -0.4 is 10.1 Å². The molecule has 1 saturated heterocycles. The van der Waals surface area contributed by atoms with E-state index in [-0.39, 0.29) is 23.5 Å². The van der Waals surface area contributed by atoms with Gasteiger partial charge in [0.25, 0.3) is 5.88 Å². The Balaban J connectivity index is 2.47. The summed E-state index contributed by atoms with van der Waals surface area (Å²) in [5, 5.41) is 13.8. The van der Waals surface area contributed by atoms with Crippen molar-refractivity contribution in [3.63, 3.8) is 0 Å². The van der Waals surface area contributed by atoms with E-state index in [4.69, 9.17) is 9.47 Å². The summed E-state index contributed by atoms with van der Waals surface area (Å²) in [6.07, 6.45) is 1.53. The maximum atomic E-state index is 11.1. The third-order valence-corrected chi connectivity index (χ3v) is 2.79. The number of ether oxygens (including phenoxy) is 2. The molecule has 1 N–H and O–H groups in total. The summed E-state index contributed by atoms with van der Waals surface area (Å²) in [5.74, 6) is 0.558. The van der Waals surface area contributed by atoms with Crippen molar-refractivity contribution in [3.05, 3.63) is 15.9 Å². The zero-order chi connectivity index (χ0) is 13.8. The fourth-order valence-electron chi connectivity index (χ4n) is 1.95. The van der Waals surface area contributed by atoms with Crippen LogP contribution >= 0.6 is 0 Å². The molecule has 1 fully saturated rings. The molecule has 1 aliphatic rings. The molecule has 1 unspecified atom stereocenters. The minimum atomic E-state index is -0.546. The SMILES string of the molecule is CCOc1nc(C2CCCO2)nc(NC)c1[N+](=O)[O-]. The number of nitrogens with one attached hydrogen (secondary N) is 1. The average Bonchev–Trinajstić information content (AvgIpc) is 2.91. The highest BCUT2D eigenvalue weighted by atomic mass is 16.6. The molecule has 0 saturated carbocycles. The monoisotopic (exact) mass is 268 g/mol. The Bertz CT molecular complexity index is 474. The summed E-state index contributed by atoms with van der Waals surface area (Å²) in [6.45, 7) is 2.70. The van der Waals surface area contributed by atoms with E-state index in [1.807, 2.05) is 0 Å². The van der Waals surface area contributed by atoms with Crippen molar-refractivity contribution in [1.29, 1.82) is 0 Å². The molecule has 0 aliphatic carbocycles. The lowest BCUT2D eigenvalue weighted by molar-refractivity contribution is -0.385. The van der Waals surface area contributed by atoms with Crippen molar-refractivity contribution < 1.29 is 14.4 Å². The van der Waals surface area contributed by atoms with E-state index < -0.39 is 4.92 Å². The Morgan fingerprint density at radius 2 is 2.37 bits per heavy atom. The van der Waals surface area contributed by atoms with E-state index >= 15 is 0 Å². The van der Waals surface area contributed by atoms with E-state index in [0.717, 1.165) is 12.8 Å². The van der Waals surface area contributed by atoms with Gasteiger partial charge in [0, 0.05) is 13.7 Å². The lowest BCUT2D eigenvalue weighted by Gasteiger charge is -2.12. The molecule has 0 radical (unpaired) electrons. The Kier molecular flexibility index (Phi) is 4.10. The zero-order valence-corrected chi connectivity index (χ0v) is 10.9. The van der Waals surface area contributed by atoms with Gasteiger partial charge in [0.05, 0.1) is 11.5 Å². The quantitative estimate of drug-likeness (QED) is 0.640. The standard InChI is InChI=1S/C11H16N4O4/c1-3-18-11-8(15(16)17)10(12-2)13-9(14-11)7-5-4-6-19-7/h7H,3-6H2,1-2H3,(H,12,13,14). The van der Waals surface area contributed by atoms with E-state index in [9.17, 15) is 10.1 Å². The lowest BCUT2D eigenvalue weighted by atomic mass is 10.2. The molecule has 0 amide bonds. The number of hydrogen-bond donors (Lipinski definition) is 1. The van der Waals surface area contributed by atoms with Crippen LogP contribution in [-0.2, 0) is 4.74 Å². The van der Waals surface area contributed by atoms with Crippen molar-refractivity contribution in [2.75, 3.05) is 25.6 Å². The van der Waals surface area contributed by atoms with Gasteiger partial charge in [-0.3, -0.25) is 10.1 Å². The van der Waals surface area contributed by atoms with Crippen LogP contribution in [0.3, 0.4) is 0 Å². The van der Waals surface area contributed by atoms with Gasteiger partial charge in [-0.1, -0.05) is 0 Å². The summed E-state index contributed by atoms with van der Waals surface area (Å²) in [6, 6.07) is 0. The molecule has 2 rings (SSSR count). The van der Waals surface area contributed by atoms with Crippen LogP contribution in [0.2, 0.25) is 0 Å². The van der Waals surface area contributed by atoms with Crippen molar-refractivity contribution in [2.45, 2.75) is 25.9 Å². The fraction of sp³-hybridized carbons (Fsp3) is 0.636. The second-order valence-electron chi connectivity index (χ2n) is 4.03. The summed E-state index contributed by atoms with van der Waals surface area (Å²) < 4.78 is 10.7. The van der Waals surface area contributed by atoms with E-state index in [1.165, 1.54) is 0 Å². The van der Waals surface area contributed by atoms with Gasteiger partial charge in [0.15, 0.2) is 5.82 Å². The number of nitro groups is 1.